The summed E-state index contributed by atoms with van der Waals surface area (Å²) in [6.07, 6.45) is 2.38. The molecule has 0 saturated carbocycles. The van der Waals surface area contributed by atoms with Crippen molar-refractivity contribution in [2.75, 3.05) is 20.6 Å². The van der Waals surface area contributed by atoms with Gasteiger partial charge in [-0.15, -0.1) is 0 Å². The van der Waals surface area contributed by atoms with Crippen molar-refractivity contribution in [2.45, 2.75) is 24.7 Å². The molecular weight excluding hydrogens is 304 g/mol. The summed E-state index contributed by atoms with van der Waals surface area (Å²) in [5.74, 6) is 0. The fraction of sp³-hybridized carbons (Fsp3) is 0.350. The van der Waals surface area contributed by atoms with Gasteiger partial charge in [0.2, 0.25) is 0 Å². The van der Waals surface area contributed by atoms with Crippen LogP contribution in [0.4, 0.5) is 0 Å². The molecule has 2 aromatic carbocycles. The third kappa shape index (κ3) is 4.58. The summed E-state index contributed by atoms with van der Waals surface area (Å²) in [4.78, 5) is 2.13. The lowest BCUT2D eigenvalue weighted by Crippen LogP contribution is -2.30. The van der Waals surface area contributed by atoms with E-state index in [2.05, 4.69) is 23.1 Å². The van der Waals surface area contributed by atoms with Crippen molar-refractivity contribution in [3.63, 3.8) is 0 Å². The van der Waals surface area contributed by atoms with Gasteiger partial charge in [0, 0.05) is 5.02 Å². The number of halogens is 1. The van der Waals surface area contributed by atoms with Crippen molar-refractivity contribution in [3.8, 4) is 6.07 Å². The molecule has 0 aromatic heterocycles. The van der Waals surface area contributed by atoms with E-state index in [1.165, 1.54) is 0 Å². The Balaban J connectivity index is 2.26. The maximum atomic E-state index is 9.99. The van der Waals surface area contributed by atoms with Gasteiger partial charge in [-0.2, -0.15) is 5.26 Å². The predicted molar refractivity (Wildman–Crippen MR) is 96.7 cm³/mol. The van der Waals surface area contributed by atoms with Gasteiger partial charge in [0.15, 0.2) is 0 Å². The van der Waals surface area contributed by atoms with Crippen molar-refractivity contribution >= 4 is 11.6 Å². The molecule has 0 amide bonds. The van der Waals surface area contributed by atoms with Crippen LogP contribution in [0.1, 0.15) is 24.0 Å². The smallest absolute Gasteiger partial charge is 0.0837 e. The van der Waals surface area contributed by atoms with Crippen LogP contribution in [-0.2, 0) is 11.8 Å². The van der Waals surface area contributed by atoms with Gasteiger partial charge in [0.1, 0.15) is 0 Å². The topological polar surface area (TPSA) is 27.0 Å². The molecule has 0 bridgehead atoms. The second-order valence-electron chi connectivity index (χ2n) is 6.20. The Hall–Kier alpha value is -1.82. The molecule has 0 fully saturated rings. The van der Waals surface area contributed by atoms with Crippen LogP contribution in [-0.4, -0.2) is 25.5 Å². The van der Waals surface area contributed by atoms with Crippen molar-refractivity contribution in [1.29, 1.82) is 5.26 Å². The van der Waals surface area contributed by atoms with Crippen LogP contribution in [0.15, 0.2) is 54.6 Å². The molecule has 1 unspecified atom stereocenters. The number of benzene rings is 2. The zero-order valence-electron chi connectivity index (χ0n) is 13.8. The van der Waals surface area contributed by atoms with Crippen molar-refractivity contribution in [2.24, 2.45) is 0 Å². The van der Waals surface area contributed by atoms with Crippen molar-refractivity contribution in [3.05, 3.63) is 70.7 Å². The van der Waals surface area contributed by atoms with E-state index in [1.54, 1.807) is 0 Å². The lowest BCUT2D eigenvalue weighted by Gasteiger charge is -2.29. The van der Waals surface area contributed by atoms with Crippen LogP contribution >= 0.6 is 11.6 Å². The normalized spacial score (nSPS) is 13.5. The lowest BCUT2D eigenvalue weighted by atomic mass is 9.74. The Morgan fingerprint density at radius 3 is 2.26 bits per heavy atom. The number of nitriles is 1. The fourth-order valence-electron chi connectivity index (χ4n) is 2.81. The Morgan fingerprint density at radius 2 is 1.65 bits per heavy atom. The summed E-state index contributed by atoms with van der Waals surface area (Å²) < 4.78 is 0. The molecule has 0 radical (unpaired) electrons. The highest BCUT2D eigenvalue weighted by Crippen LogP contribution is 2.33. The van der Waals surface area contributed by atoms with Crippen molar-refractivity contribution < 1.29 is 0 Å². The molecule has 0 saturated heterocycles. The third-order valence-electron chi connectivity index (χ3n) is 4.31. The molecule has 0 spiro atoms. The summed E-state index contributed by atoms with van der Waals surface area (Å²) in [6.45, 7) is 0.880. The third-order valence-corrected chi connectivity index (χ3v) is 4.67. The average molecular weight is 327 g/mol. The number of rotatable bonds is 7. The van der Waals surface area contributed by atoms with E-state index in [1.807, 2.05) is 56.6 Å². The van der Waals surface area contributed by atoms with Gasteiger partial charge in [-0.1, -0.05) is 60.1 Å². The van der Waals surface area contributed by atoms with Gasteiger partial charge in [-0.3, -0.25) is 0 Å². The Labute approximate surface area is 144 Å². The van der Waals surface area contributed by atoms with Crippen LogP contribution in [0.5, 0.6) is 0 Å². The minimum atomic E-state index is -0.481. The van der Waals surface area contributed by atoms with Gasteiger partial charge in [-0.05, 0) is 57.1 Å². The zero-order chi connectivity index (χ0) is 16.7. The van der Waals surface area contributed by atoms with Crippen LogP contribution in [0.2, 0.25) is 5.02 Å². The average Bonchev–Trinajstić information content (AvgIpc) is 2.57. The highest BCUT2D eigenvalue weighted by atomic mass is 35.5. The minimum Gasteiger partial charge on any atom is -0.309 e. The van der Waals surface area contributed by atoms with Gasteiger partial charge in [0.25, 0.3) is 0 Å². The van der Waals surface area contributed by atoms with E-state index in [0.29, 0.717) is 0 Å². The highest BCUT2D eigenvalue weighted by Gasteiger charge is 2.32. The summed E-state index contributed by atoms with van der Waals surface area (Å²) >= 11 is 6.28. The maximum absolute atomic E-state index is 9.99. The lowest BCUT2D eigenvalue weighted by molar-refractivity contribution is 0.342. The molecule has 0 heterocycles. The molecule has 23 heavy (non-hydrogen) atoms. The summed E-state index contributed by atoms with van der Waals surface area (Å²) in [5.41, 5.74) is 1.72. The molecule has 1 atom stereocenters. The monoisotopic (exact) mass is 326 g/mol. The summed E-state index contributed by atoms with van der Waals surface area (Å²) in [7, 11) is 4.09. The van der Waals surface area contributed by atoms with E-state index in [4.69, 9.17) is 11.6 Å². The van der Waals surface area contributed by atoms with E-state index >= 15 is 0 Å². The second-order valence-corrected chi connectivity index (χ2v) is 6.61. The van der Waals surface area contributed by atoms with E-state index in [0.717, 1.165) is 42.0 Å². The SMILES string of the molecule is CN(C)CCC(C#N)(CCc1ccccc1Cl)c1ccccc1. The van der Waals surface area contributed by atoms with Crippen LogP contribution in [0.3, 0.4) is 0 Å². The van der Waals surface area contributed by atoms with E-state index in [9.17, 15) is 5.26 Å². The molecule has 120 valence electrons. The molecule has 0 aliphatic carbocycles. The van der Waals surface area contributed by atoms with Gasteiger partial charge < -0.3 is 4.90 Å². The summed E-state index contributed by atoms with van der Waals surface area (Å²) in [6, 6.07) is 20.6. The molecule has 2 rings (SSSR count). The first-order valence-electron chi connectivity index (χ1n) is 7.92. The fourth-order valence-corrected chi connectivity index (χ4v) is 3.04. The van der Waals surface area contributed by atoms with Crippen LogP contribution in [0, 0.1) is 11.3 Å². The predicted octanol–water partition coefficient (Wildman–Crippen LogP) is 4.69. The molecular formula is C20H23ClN2. The molecule has 0 N–H and O–H groups in total. The molecule has 2 nitrogen and oxygen atoms in total. The highest BCUT2D eigenvalue weighted by molar-refractivity contribution is 6.31. The number of hydrogen-bond donors (Lipinski definition) is 0. The first-order chi connectivity index (χ1) is 11.1. The Kier molecular flexibility index (Phi) is 6.21. The van der Waals surface area contributed by atoms with E-state index < -0.39 is 5.41 Å². The van der Waals surface area contributed by atoms with Crippen LogP contribution < -0.4 is 0 Å². The first-order valence-corrected chi connectivity index (χ1v) is 8.30. The van der Waals surface area contributed by atoms with E-state index in [-0.39, 0.29) is 0 Å². The molecule has 0 aliphatic rings. The Bertz CT molecular complexity index is 661. The number of nitrogens with zero attached hydrogens (tertiary/aromatic N) is 2. The zero-order valence-corrected chi connectivity index (χ0v) is 14.6. The second kappa shape index (κ2) is 8.15. The maximum Gasteiger partial charge on any atom is 0.0837 e. The quantitative estimate of drug-likeness (QED) is 0.738. The molecule has 3 heteroatoms. The van der Waals surface area contributed by atoms with Gasteiger partial charge >= 0.3 is 0 Å². The minimum absolute atomic E-state index is 0.481. The van der Waals surface area contributed by atoms with Crippen molar-refractivity contribution in [1.82, 2.24) is 4.90 Å². The summed E-state index contributed by atoms with van der Waals surface area (Å²) in [5, 5.41) is 10.8. The first kappa shape index (κ1) is 17.5. The molecule has 0 aliphatic heterocycles. The van der Waals surface area contributed by atoms with Gasteiger partial charge in [-0.25, -0.2) is 0 Å². The standard InChI is InChI=1S/C20H23ClN2/c1-23(2)15-14-20(16-22,18-9-4-3-5-10-18)13-12-17-8-6-7-11-19(17)21/h3-11H,12-15H2,1-2H3. The largest absolute Gasteiger partial charge is 0.309 e. The molecule has 2 aromatic rings. The van der Waals surface area contributed by atoms with Crippen LogP contribution in [0.25, 0.3) is 0 Å². The Morgan fingerprint density at radius 1 is 1.00 bits per heavy atom. The van der Waals surface area contributed by atoms with Gasteiger partial charge in [0.05, 0.1) is 11.5 Å². The number of aryl methyl sites for hydroxylation is 1. The number of hydrogen-bond acceptors (Lipinski definition) is 2.